The van der Waals surface area contributed by atoms with Gasteiger partial charge in [-0.15, -0.1) is 0 Å². The van der Waals surface area contributed by atoms with E-state index in [0.29, 0.717) is 19.4 Å². The summed E-state index contributed by atoms with van der Waals surface area (Å²) in [4.78, 5) is 24.4. The lowest BCUT2D eigenvalue weighted by molar-refractivity contribution is 0.0332. The van der Waals surface area contributed by atoms with E-state index in [0.717, 1.165) is 0 Å². The first-order valence-corrected chi connectivity index (χ1v) is 6.64. The average molecular weight is 294 g/mol. The predicted octanol–water partition coefficient (Wildman–Crippen LogP) is 1.33. The van der Waals surface area contributed by atoms with E-state index in [1.807, 2.05) is 0 Å². The maximum absolute atomic E-state index is 12.0. The second-order valence-corrected chi connectivity index (χ2v) is 5.31. The number of phenols is 1. The molecule has 1 aliphatic rings. The second-order valence-electron chi connectivity index (χ2n) is 5.31. The number of anilines is 1. The molecule has 0 unspecified atom stereocenters. The maximum Gasteiger partial charge on any atom is 0.339 e. The van der Waals surface area contributed by atoms with E-state index in [1.165, 1.54) is 23.1 Å². The molecule has 1 saturated carbocycles. The van der Waals surface area contributed by atoms with Crippen LogP contribution in [0, 0.1) is 5.92 Å². The number of carbonyl (C=O) groups is 2. The van der Waals surface area contributed by atoms with Crippen LogP contribution in [0.15, 0.2) is 18.2 Å². The van der Waals surface area contributed by atoms with Gasteiger partial charge in [0.1, 0.15) is 5.56 Å². The third kappa shape index (κ3) is 3.43. The molecular weight excluding hydrogens is 276 g/mol. The number of amides is 2. The summed E-state index contributed by atoms with van der Waals surface area (Å²) < 4.78 is 0. The summed E-state index contributed by atoms with van der Waals surface area (Å²) >= 11 is 0. The third-order valence-corrected chi connectivity index (χ3v) is 3.60. The molecule has 0 bridgehead atoms. The van der Waals surface area contributed by atoms with Crippen LogP contribution in [0.4, 0.5) is 10.5 Å². The maximum atomic E-state index is 12.0. The van der Waals surface area contributed by atoms with E-state index in [4.69, 9.17) is 5.11 Å². The van der Waals surface area contributed by atoms with Crippen LogP contribution in [-0.4, -0.2) is 51.9 Å². The van der Waals surface area contributed by atoms with Crippen molar-refractivity contribution in [2.24, 2.45) is 5.92 Å². The van der Waals surface area contributed by atoms with E-state index in [2.05, 4.69) is 5.32 Å². The van der Waals surface area contributed by atoms with E-state index < -0.39 is 17.7 Å². The number of carbonyl (C=O) groups excluding carboxylic acids is 1. The fourth-order valence-corrected chi connectivity index (χ4v) is 2.35. The molecule has 0 saturated heterocycles. The Morgan fingerprint density at radius 3 is 2.62 bits per heavy atom. The highest BCUT2D eigenvalue weighted by Crippen LogP contribution is 2.29. The van der Waals surface area contributed by atoms with Gasteiger partial charge in [0.15, 0.2) is 5.75 Å². The molecule has 2 rings (SSSR count). The summed E-state index contributed by atoms with van der Waals surface area (Å²) in [7, 11) is 1.61. The number of benzene rings is 1. The Morgan fingerprint density at radius 2 is 2.05 bits per heavy atom. The minimum absolute atomic E-state index is 0.0559. The van der Waals surface area contributed by atoms with E-state index >= 15 is 0 Å². The monoisotopic (exact) mass is 294 g/mol. The highest BCUT2D eigenvalue weighted by Gasteiger charge is 2.29. The molecule has 4 N–H and O–H groups in total. The Bertz CT molecular complexity index is 554. The van der Waals surface area contributed by atoms with E-state index in [9.17, 15) is 19.8 Å². The van der Waals surface area contributed by atoms with Crippen LogP contribution < -0.4 is 5.32 Å². The number of para-hydroxylation sites is 1. The molecule has 7 nitrogen and oxygen atoms in total. The summed E-state index contributed by atoms with van der Waals surface area (Å²) in [5.41, 5.74) is -0.210. The fourth-order valence-electron chi connectivity index (χ4n) is 2.35. The molecule has 1 aliphatic carbocycles. The summed E-state index contributed by atoms with van der Waals surface area (Å²) in [6.07, 6.45) is 1.08. The Hall–Kier alpha value is -2.28. The number of aromatic hydroxyl groups is 1. The highest BCUT2D eigenvalue weighted by atomic mass is 16.4. The zero-order valence-corrected chi connectivity index (χ0v) is 11.6. The number of carboxylic acid groups (broad SMARTS) is 1. The number of carboxylic acids is 1. The van der Waals surface area contributed by atoms with Gasteiger partial charge in [-0.05, 0) is 30.9 Å². The minimum Gasteiger partial charge on any atom is -0.505 e. The van der Waals surface area contributed by atoms with Gasteiger partial charge in [-0.25, -0.2) is 9.59 Å². The molecule has 2 amide bonds. The van der Waals surface area contributed by atoms with E-state index in [-0.39, 0.29) is 23.3 Å². The van der Waals surface area contributed by atoms with Crippen molar-refractivity contribution in [1.29, 1.82) is 0 Å². The van der Waals surface area contributed by atoms with Crippen LogP contribution in [0.2, 0.25) is 0 Å². The average Bonchev–Trinajstić information content (AvgIpc) is 2.38. The van der Waals surface area contributed by atoms with Crippen LogP contribution >= 0.6 is 0 Å². The van der Waals surface area contributed by atoms with Crippen molar-refractivity contribution in [1.82, 2.24) is 4.90 Å². The number of aliphatic hydroxyl groups is 1. The van der Waals surface area contributed by atoms with Crippen LogP contribution in [0.3, 0.4) is 0 Å². The van der Waals surface area contributed by atoms with Crippen LogP contribution in [0.5, 0.6) is 5.75 Å². The van der Waals surface area contributed by atoms with Crippen molar-refractivity contribution in [3.8, 4) is 5.75 Å². The quantitative estimate of drug-likeness (QED) is 0.626. The molecule has 0 heterocycles. The number of nitrogens with zero attached hydrogens (tertiary/aromatic N) is 1. The number of rotatable bonds is 4. The first-order valence-electron chi connectivity index (χ1n) is 6.64. The Kier molecular flexibility index (Phi) is 4.32. The van der Waals surface area contributed by atoms with Crippen molar-refractivity contribution in [2.75, 3.05) is 18.9 Å². The van der Waals surface area contributed by atoms with Crippen molar-refractivity contribution >= 4 is 17.7 Å². The third-order valence-electron chi connectivity index (χ3n) is 3.60. The summed E-state index contributed by atoms with van der Waals surface area (Å²) in [5.74, 6) is -1.46. The van der Waals surface area contributed by atoms with Gasteiger partial charge in [-0.2, -0.15) is 0 Å². The predicted molar refractivity (Wildman–Crippen MR) is 75.4 cm³/mol. The Labute approximate surface area is 121 Å². The molecule has 1 aromatic rings. The molecule has 1 fully saturated rings. The summed E-state index contributed by atoms with van der Waals surface area (Å²) in [6.45, 7) is 0.502. The Morgan fingerprint density at radius 1 is 1.38 bits per heavy atom. The highest BCUT2D eigenvalue weighted by molar-refractivity contribution is 5.97. The smallest absolute Gasteiger partial charge is 0.339 e. The minimum atomic E-state index is -1.26. The van der Waals surface area contributed by atoms with E-state index in [1.54, 1.807) is 7.05 Å². The molecule has 0 spiro atoms. The topological polar surface area (TPSA) is 110 Å². The summed E-state index contributed by atoms with van der Waals surface area (Å²) in [6, 6.07) is 3.70. The first-order chi connectivity index (χ1) is 9.88. The molecule has 114 valence electrons. The summed E-state index contributed by atoms with van der Waals surface area (Å²) in [5, 5.41) is 30.4. The lowest BCUT2D eigenvalue weighted by Crippen LogP contribution is -2.41. The molecule has 7 heteroatoms. The largest absolute Gasteiger partial charge is 0.505 e. The molecule has 0 aliphatic heterocycles. The number of urea groups is 1. The van der Waals surface area contributed by atoms with Crippen LogP contribution in [-0.2, 0) is 0 Å². The normalized spacial score (nSPS) is 20.5. The zero-order valence-electron chi connectivity index (χ0n) is 11.6. The number of aliphatic hydroxyl groups excluding tert-OH is 1. The van der Waals surface area contributed by atoms with Crippen LogP contribution in [0.1, 0.15) is 23.2 Å². The van der Waals surface area contributed by atoms with Gasteiger partial charge in [-0.1, -0.05) is 6.07 Å². The number of hydrogen-bond donors (Lipinski definition) is 4. The first kappa shape index (κ1) is 15.1. The lowest BCUT2D eigenvalue weighted by atomic mass is 9.82. The molecule has 0 radical (unpaired) electrons. The zero-order chi connectivity index (χ0) is 15.6. The van der Waals surface area contributed by atoms with Gasteiger partial charge in [0.2, 0.25) is 0 Å². The van der Waals surface area contributed by atoms with Crippen molar-refractivity contribution < 1.29 is 24.9 Å². The Balaban J connectivity index is 1.99. The van der Waals surface area contributed by atoms with Gasteiger partial charge in [-0.3, -0.25) is 0 Å². The number of aromatic carboxylic acids is 1. The van der Waals surface area contributed by atoms with Gasteiger partial charge in [0, 0.05) is 13.6 Å². The van der Waals surface area contributed by atoms with Gasteiger partial charge in [0.25, 0.3) is 0 Å². The molecular formula is C14H18N2O5. The van der Waals surface area contributed by atoms with Crippen molar-refractivity contribution in [3.63, 3.8) is 0 Å². The molecule has 0 atom stereocenters. The van der Waals surface area contributed by atoms with Crippen molar-refractivity contribution in [3.05, 3.63) is 23.8 Å². The standard InChI is InChI=1S/C14H18N2O5/c1-16(7-8-5-9(17)6-8)14(21)15-11-4-2-3-10(12(11)18)13(19)20/h2-4,8-9,17-18H,5-7H2,1H3,(H,15,21)(H,19,20). The lowest BCUT2D eigenvalue weighted by Gasteiger charge is -2.34. The molecule has 21 heavy (non-hydrogen) atoms. The molecule has 0 aromatic heterocycles. The number of nitrogens with one attached hydrogen (secondary N) is 1. The van der Waals surface area contributed by atoms with Crippen LogP contribution in [0.25, 0.3) is 0 Å². The molecule has 1 aromatic carbocycles. The van der Waals surface area contributed by atoms with Gasteiger partial charge < -0.3 is 25.5 Å². The fraction of sp³-hybridized carbons (Fsp3) is 0.429. The number of hydrogen-bond acceptors (Lipinski definition) is 4. The van der Waals surface area contributed by atoms with Crippen molar-refractivity contribution in [2.45, 2.75) is 18.9 Å². The van der Waals surface area contributed by atoms with Gasteiger partial charge in [0.05, 0.1) is 11.8 Å². The SMILES string of the molecule is CN(CC1CC(O)C1)C(=O)Nc1cccc(C(=O)O)c1O. The second kappa shape index (κ2) is 6.01. The van der Waals surface area contributed by atoms with Gasteiger partial charge >= 0.3 is 12.0 Å².